The van der Waals surface area contributed by atoms with Gasteiger partial charge >= 0.3 is 0 Å². The van der Waals surface area contributed by atoms with Crippen LogP contribution in [0.4, 0.5) is 11.6 Å². The van der Waals surface area contributed by atoms with Crippen molar-refractivity contribution in [1.29, 1.82) is 0 Å². The smallest absolute Gasteiger partial charge is 0.134 e. The van der Waals surface area contributed by atoms with E-state index in [0.717, 1.165) is 36.0 Å². The number of aliphatic hydroxyl groups is 1. The van der Waals surface area contributed by atoms with Crippen molar-refractivity contribution in [3.63, 3.8) is 0 Å². The van der Waals surface area contributed by atoms with Crippen molar-refractivity contribution in [2.45, 2.75) is 33.3 Å². The predicted molar refractivity (Wildman–Crippen MR) is 76.7 cm³/mol. The van der Waals surface area contributed by atoms with Crippen LogP contribution in [0.3, 0.4) is 0 Å². The first-order valence-corrected chi connectivity index (χ1v) is 6.64. The first-order valence-electron chi connectivity index (χ1n) is 6.64. The molecule has 0 spiro atoms. The predicted octanol–water partition coefficient (Wildman–Crippen LogP) is 1.20. The second-order valence-electron chi connectivity index (χ2n) is 4.34. The Kier molecular flexibility index (Phi) is 6.52. The molecule has 0 amide bonds. The molecule has 0 aliphatic heterocycles. The summed E-state index contributed by atoms with van der Waals surface area (Å²) in [4.78, 5) is 8.91. The van der Waals surface area contributed by atoms with E-state index < -0.39 is 6.10 Å². The molecule has 1 aromatic rings. The van der Waals surface area contributed by atoms with Gasteiger partial charge in [0.05, 0.1) is 12.7 Å². The summed E-state index contributed by atoms with van der Waals surface area (Å²) >= 11 is 0. The molecule has 1 rings (SSSR count). The number of nitrogens with zero attached hydrogens (tertiary/aromatic N) is 2. The lowest BCUT2D eigenvalue weighted by Gasteiger charge is -2.16. The zero-order valence-electron chi connectivity index (χ0n) is 12.2. The van der Waals surface area contributed by atoms with Gasteiger partial charge in [0.15, 0.2) is 0 Å². The molecule has 6 nitrogen and oxygen atoms in total. The molecule has 0 radical (unpaired) electrons. The number of hydrogen-bond donors (Lipinski definition) is 3. The van der Waals surface area contributed by atoms with Crippen LogP contribution in [-0.4, -0.2) is 48.0 Å². The van der Waals surface area contributed by atoms with Gasteiger partial charge in [0.1, 0.15) is 17.5 Å². The van der Waals surface area contributed by atoms with Crippen molar-refractivity contribution < 1.29 is 9.84 Å². The van der Waals surface area contributed by atoms with Crippen LogP contribution in [-0.2, 0) is 11.2 Å². The highest BCUT2D eigenvalue weighted by molar-refractivity contribution is 5.57. The number of ether oxygens (including phenoxy) is 1. The third kappa shape index (κ3) is 4.65. The third-order valence-corrected chi connectivity index (χ3v) is 2.72. The van der Waals surface area contributed by atoms with Crippen molar-refractivity contribution in [2.75, 3.05) is 37.4 Å². The van der Waals surface area contributed by atoms with Crippen molar-refractivity contribution >= 4 is 11.6 Å². The first-order chi connectivity index (χ1) is 9.12. The number of hydrogen-bond acceptors (Lipinski definition) is 6. The molecule has 1 atom stereocenters. The highest BCUT2D eigenvalue weighted by Gasteiger charge is 2.11. The van der Waals surface area contributed by atoms with Crippen LogP contribution in [0, 0.1) is 6.92 Å². The molecule has 0 saturated carbocycles. The highest BCUT2D eigenvalue weighted by Crippen LogP contribution is 2.20. The Hall–Kier alpha value is -1.40. The van der Waals surface area contributed by atoms with E-state index in [2.05, 4.69) is 20.6 Å². The standard InChI is InChI=1S/C13H24N4O2/c1-5-11-16-12(14-6-2)9(3)13(17-11)15-7-10(18)8-19-4/h10,18H,5-8H2,1-4H3,(H2,14,15,16,17). The van der Waals surface area contributed by atoms with Gasteiger partial charge in [0, 0.05) is 32.2 Å². The zero-order valence-corrected chi connectivity index (χ0v) is 12.2. The maximum atomic E-state index is 9.65. The van der Waals surface area contributed by atoms with E-state index in [1.54, 1.807) is 7.11 Å². The lowest BCUT2D eigenvalue weighted by Crippen LogP contribution is -2.25. The Morgan fingerprint density at radius 1 is 1.21 bits per heavy atom. The first kappa shape index (κ1) is 15.7. The molecule has 0 saturated heterocycles. The minimum atomic E-state index is -0.549. The maximum Gasteiger partial charge on any atom is 0.134 e. The molecule has 1 heterocycles. The van der Waals surface area contributed by atoms with Crippen LogP contribution in [0.1, 0.15) is 25.2 Å². The van der Waals surface area contributed by atoms with E-state index in [1.165, 1.54) is 0 Å². The Balaban J connectivity index is 2.83. The summed E-state index contributed by atoms with van der Waals surface area (Å²) in [6, 6.07) is 0. The SMILES string of the molecule is CCNc1nc(CC)nc(NCC(O)COC)c1C. The molecule has 0 bridgehead atoms. The van der Waals surface area contributed by atoms with Crippen molar-refractivity contribution in [3.8, 4) is 0 Å². The van der Waals surface area contributed by atoms with Gasteiger partial charge in [0.25, 0.3) is 0 Å². The number of aliphatic hydroxyl groups excluding tert-OH is 1. The van der Waals surface area contributed by atoms with Crippen molar-refractivity contribution in [1.82, 2.24) is 9.97 Å². The zero-order chi connectivity index (χ0) is 14.3. The second kappa shape index (κ2) is 7.91. The lowest BCUT2D eigenvalue weighted by atomic mass is 10.2. The minimum Gasteiger partial charge on any atom is -0.389 e. The van der Waals surface area contributed by atoms with Gasteiger partial charge in [-0.1, -0.05) is 6.92 Å². The lowest BCUT2D eigenvalue weighted by molar-refractivity contribution is 0.0727. The van der Waals surface area contributed by atoms with E-state index in [-0.39, 0.29) is 0 Å². The molecule has 108 valence electrons. The number of rotatable bonds is 8. The van der Waals surface area contributed by atoms with Crippen LogP contribution < -0.4 is 10.6 Å². The molecule has 0 aliphatic carbocycles. The fraction of sp³-hybridized carbons (Fsp3) is 0.692. The van der Waals surface area contributed by atoms with Crippen LogP contribution in [0.5, 0.6) is 0 Å². The molecule has 3 N–H and O–H groups in total. The summed E-state index contributed by atoms with van der Waals surface area (Å²) in [5.41, 5.74) is 0.962. The Morgan fingerprint density at radius 2 is 1.84 bits per heavy atom. The Bertz CT molecular complexity index is 398. The van der Waals surface area contributed by atoms with Gasteiger partial charge in [-0.3, -0.25) is 0 Å². The summed E-state index contributed by atoms with van der Waals surface area (Å²) in [7, 11) is 1.57. The minimum absolute atomic E-state index is 0.303. The fourth-order valence-electron chi connectivity index (χ4n) is 1.70. The molecule has 1 unspecified atom stereocenters. The molecule has 0 aliphatic rings. The summed E-state index contributed by atoms with van der Waals surface area (Å²) in [5.74, 6) is 2.39. The second-order valence-corrected chi connectivity index (χ2v) is 4.34. The normalized spacial score (nSPS) is 12.3. The summed E-state index contributed by atoms with van der Waals surface area (Å²) in [6.07, 6.45) is 0.223. The van der Waals surface area contributed by atoms with Crippen molar-refractivity contribution in [3.05, 3.63) is 11.4 Å². The quantitative estimate of drug-likeness (QED) is 0.657. The summed E-state index contributed by atoms with van der Waals surface area (Å²) in [6.45, 7) is 7.53. The fourth-order valence-corrected chi connectivity index (χ4v) is 1.70. The van der Waals surface area contributed by atoms with Crippen LogP contribution in [0.2, 0.25) is 0 Å². The molecular formula is C13H24N4O2. The van der Waals surface area contributed by atoms with Crippen LogP contribution >= 0.6 is 0 Å². The van der Waals surface area contributed by atoms with E-state index in [1.807, 2.05) is 20.8 Å². The van der Waals surface area contributed by atoms with Gasteiger partial charge in [-0.15, -0.1) is 0 Å². The van der Waals surface area contributed by atoms with E-state index in [0.29, 0.717) is 13.2 Å². The van der Waals surface area contributed by atoms with Gasteiger partial charge < -0.3 is 20.5 Å². The average Bonchev–Trinajstić information content (AvgIpc) is 2.40. The molecule has 0 aromatic carbocycles. The number of aryl methyl sites for hydroxylation is 1. The molecule has 19 heavy (non-hydrogen) atoms. The third-order valence-electron chi connectivity index (χ3n) is 2.72. The Morgan fingerprint density at radius 3 is 2.37 bits per heavy atom. The van der Waals surface area contributed by atoms with Crippen molar-refractivity contribution in [2.24, 2.45) is 0 Å². The highest BCUT2D eigenvalue weighted by atomic mass is 16.5. The molecule has 1 aromatic heterocycles. The van der Waals surface area contributed by atoms with Crippen LogP contribution in [0.15, 0.2) is 0 Å². The number of aromatic nitrogens is 2. The topological polar surface area (TPSA) is 79.3 Å². The maximum absolute atomic E-state index is 9.65. The molecule has 6 heteroatoms. The summed E-state index contributed by atoms with van der Waals surface area (Å²) in [5, 5.41) is 16.0. The molecule has 0 fully saturated rings. The number of nitrogens with one attached hydrogen (secondary N) is 2. The van der Waals surface area contributed by atoms with E-state index >= 15 is 0 Å². The van der Waals surface area contributed by atoms with E-state index in [9.17, 15) is 5.11 Å². The average molecular weight is 268 g/mol. The van der Waals surface area contributed by atoms with E-state index in [4.69, 9.17) is 4.74 Å². The van der Waals surface area contributed by atoms with Gasteiger partial charge in [-0.2, -0.15) is 0 Å². The van der Waals surface area contributed by atoms with Gasteiger partial charge in [-0.05, 0) is 13.8 Å². The van der Waals surface area contributed by atoms with Gasteiger partial charge in [0.2, 0.25) is 0 Å². The number of anilines is 2. The number of methoxy groups -OCH3 is 1. The Labute approximate surface area is 114 Å². The van der Waals surface area contributed by atoms with Crippen LogP contribution in [0.25, 0.3) is 0 Å². The largest absolute Gasteiger partial charge is 0.389 e. The monoisotopic (exact) mass is 268 g/mol. The van der Waals surface area contributed by atoms with Gasteiger partial charge in [-0.25, -0.2) is 9.97 Å². The molecular weight excluding hydrogens is 244 g/mol. The summed E-state index contributed by atoms with van der Waals surface area (Å²) < 4.78 is 4.89.